The molecule has 2 N–H and O–H groups in total. The van der Waals surface area contributed by atoms with Gasteiger partial charge in [-0.05, 0) is 38.8 Å². The molecule has 0 heterocycles. The Labute approximate surface area is 88.8 Å². The van der Waals surface area contributed by atoms with Gasteiger partial charge in [0.05, 0.1) is 0 Å². The molecule has 0 unspecified atom stereocenters. The van der Waals surface area contributed by atoms with Crippen LogP contribution in [0.1, 0.15) is 46.0 Å². The summed E-state index contributed by atoms with van der Waals surface area (Å²) in [6, 6.07) is 0. The van der Waals surface area contributed by atoms with Gasteiger partial charge in [0.2, 0.25) is 0 Å². The van der Waals surface area contributed by atoms with Crippen molar-refractivity contribution in [3.8, 4) is 0 Å². The molecule has 0 radical (unpaired) electrons. The third-order valence-corrected chi connectivity index (χ3v) is 4.08. The molecule has 2 heteroatoms. The van der Waals surface area contributed by atoms with E-state index in [4.69, 9.17) is 5.73 Å². The average Bonchev–Trinajstić information content (AvgIpc) is 3.02. The molecule has 84 valence electrons. The van der Waals surface area contributed by atoms with Crippen molar-refractivity contribution in [3.63, 3.8) is 0 Å². The van der Waals surface area contributed by atoms with Gasteiger partial charge in [-0.3, -0.25) is 4.90 Å². The van der Waals surface area contributed by atoms with Crippen molar-refractivity contribution in [3.05, 3.63) is 0 Å². The van der Waals surface area contributed by atoms with Gasteiger partial charge in [0, 0.05) is 12.1 Å². The Bertz CT molecular complexity index is 151. The topological polar surface area (TPSA) is 29.3 Å². The van der Waals surface area contributed by atoms with E-state index in [2.05, 4.69) is 25.8 Å². The lowest BCUT2D eigenvalue weighted by molar-refractivity contribution is 0.112. The van der Waals surface area contributed by atoms with Crippen LogP contribution in [-0.2, 0) is 0 Å². The Balaban J connectivity index is 2.39. The minimum atomic E-state index is 0.259. The summed E-state index contributed by atoms with van der Waals surface area (Å²) < 4.78 is 0. The zero-order chi connectivity index (χ0) is 10.6. The second kappa shape index (κ2) is 5.13. The van der Waals surface area contributed by atoms with Gasteiger partial charge in [-0.15, -0.1) is 0 Å². The molecule has 0 saturated heterocycles. The SMILES string of the molecule is CCC(CC)(CN)N(C)CCC1CC1. The molecule has 2 nitrogen and oxygen atoms in total. The zero-order valence-electron chi connectivity index (χ0n) is 10.1. The Hall–Kier alpha value is -0.0800. The fraction of sp³-hybridized carbons (Fsp3) is 1.00. The molecule has 0 atom stereocenters. The van der Waals surface area contributed by atoms with Gasteiger partial charge in [0.15, 0.2) is 0 Å². The van der Waals surface area contributed by atoms with Crippen molar-refractivity contribution in [2.45, 2.75) is 51.5 Å². The van der Waals surface area contributed by atoms with Crippen LogP contribution in [0, 0.1) is 5.92 Å². The highest BCUT2D eigenvalue weighted by Crippen LogP contribution is 2.33. The van der Waals surface area contributed by atoms with Crippen molar-refractivity contribution in [1.82, 2.24) is 4.90 Å². The Morgan fingerprint density at radius 2 is 1.86 bits per heavy atom. The lowest BCUT2D eigenvalue weighted by Gasteiger charge is -2.40. The first-order chi connectivity index (χ1) is 6.68. The minimum Gasteiger partial charge on any atom is -0.329 e. The van der Waals surface area contributed by atoms with Gasteiger partial charge >= 0.3 is 0 Å². The molecule has 0 amide bonds. The summed E-state index contributed by atoms with van der Waals surface area (Å²) in [7, 11) is 2.24. The highest BCUT2D eigenvalue weighted by atomic mass is 15.2. The summed E-state index contributed by atoms with van der Waals surface area (Å²) in [6.45, 7) is 6.53. The van der Waals surface area contributed by atoms with E-state index in [1.54, 1.807) is 0 Å². The monoisotopic (exact) mass is 198 g/mol. The maximum absolute atomic E-state index is 5.91. The van der Waals surface area contributed by atoms with Crippen LogP contribution in [0.15, 0.2) is 0 Å². The van der Waals surface area contributed by atoms with Crippen LogP contribution >= 0.6 is 0 Å². The molecule has 14 heavy (non-hydrogen) atoms. The molecular weight excluding hydrogens is 172 g/mol. The van der Waals surface area contributed by atoms with Crippen LogP contribution in [0.3, 0.4) is 0 Å². The normalized spacial score (nSPS) is 17.8. The molecule has 1 saturated carbocycles. The summed E-state index contributed by atoms with van der Waals surface area (Å²) in [5.74, 6) is 1.03. The van der Waals surface area contributed by atoms with Gasteiger partial charge < -0.3 is 5.73 Å². The fourth-order valence-electron chi connectivity index (χ4n) is 2.25. The maximum atomic E-state index is 5.91. The van der Waals surface area contributed by atoms with Gasteiger partial charge in [-0.25, -0.2) is 0 Å². The van der Waals surface area contributed by atoms with Crippen molar-refractivity contribution in [1.29, 1.82) is 0 Å². The predicted octanol–water partition coefficient (Wildman–Crippen LogP) is 2.24. The summed E-state index contributed by atoms with van der Waals surface area (Å²) in [4.78, 5) is 2.49. The molecule has 1 aliphatic rings. The van der Waals surface area contributed by atoms with E-state index in [1.807, 2.05) is 0 Å². The standard InChI is InChI=1S/C12H26N2/c1-4-12(5-2,10-13)14(3)9-8-11-6-7-11/h11H,4-10,13H2,1-3H3. The summed E-state index contributed by atoms with van der Waals surface area (Å²) in [5, 5.41) is 0. The van der Waals surface area contributed by atoms with Gasteiger partial charge in [0.25, 0.3) is 0 Å². The van der Waals surface area contributed by atoms with E-state index in [-0.39, 0.29) is 5.54 Å². The molecule has 0 aromatic carbocycles. The summed E-state index contributed by atoms with van der Waals surface area (Å²) in [6.07, 6.45) is 6.63. The lowest BCUT2D eigenvalue weighted by Crippen LogP contribution is -2.51. The van der Waals surface area contributed by atoms with Crippen molar-refractivity contribution < 1.29 is 0 Å². The molecular formula is C12H26N2. The fourth-order valence-corrected chi connectivity index (χ4v) is 2.25. The zero-order valence-corrected chi connectivity index (χ0v) is 10.1. The van der Waals surface area contributed by atoms with Crippen LogP contribution in [0.2, 0.25) is 0 Å². The molecule has 0 aliphatic heterocycles. The van der Waals surface area contributed by atoms with Gasteiger partial charge in [-0.1, -0.05) is 26.7 Å². The van der Waals surface area contributed by atoms with Crippen molar-refractivity contribution >= 4 is 0 Å². The van der Waals surface area contributed by atoms with E-state index in [1.165, 1.54) is 38.6 Å². The predicted molar refractivity (Wildman–Crippen MR) is 62.3 cm³/mol. The molecule has 0 aromatic rings. The smallest absolute Gasteiger partial charge is 0.0323 e. The van der Waals surface area contributed by atoms with Crippen LogP contribution in [0.5, 0.6) is 0 Å². The minimum absolute atomic E-state index is 0.259. The van der Waals surface area contributed by atoms with E-state index >= 15 is 0 Å². The number of nitrogens with two attached hydrogens (primary N) is 1. The maximum Gasteiger partial charge on any atom is 0.0323 e. The highest BCUT2D eigenvalue weighted by molar-refractivity contribution is 4.88. The van der Waals surface area contributed by atoms with Crippen molar-refractivity contribution in [2.24, 2.45) is 11.7 Å². The van der Waals surface area contributed by atoms with E-state index in [0.29, 0.717) is 0 Å². The number of hydrogen-bond acceptors (Lipinski definition) is 2. The highest BCUT2D eigenvalue weighted by Gasteiger charge is 2.30. The molecule has 0 spiro atoms. The Morgan fingerprint density at radius 1 is 1.29 bits per heavy atom. The number of nitrogens with zero attached hydrogens (tertiary/aromatic N) is 1. The second-order valence-corrected chi connectivity index (χ2v) is 4.79. The first kappa shape index (κ1) is 12.0. The number of likely N-dealkylation sites (N-methyl/N-ethyl adjacent to an activating group) is 1. The van der Waals surface area contributed by atoms with Crippen LogP contribution in [-0.4, -0.2) is 30.6 Å². The quantitative estimate of drug-likeness (QED) is 0.680. The van der Waals surface area contributed by atoms with E-state index in [9.17, 15) is 0 Å². The summed E-state index contributed by atoms with van der Waals surface area (Å²) in [5.41, 5.74) is 6.17. The number of rotatable bonds is 7. The molecule has 0 bridgehead atoms. The largest absolute Gasteiger partial charge is 0.329 e. The third-order valence-electron chi connectivity index (χ3n) is 4.08. The first-order valence-electron chi connectivity index (χ1n) is 6.09. The average molecular weight is 198 g/mol. The molecule has 1 aliphatic carbocycles. The Kier molecular flexibility index (Phi) is 4.39. The second-order valence-electron chi connectivity index (χ2n) is 4.79. The van der Waals surface area contributed by atoms with E-state index < -0.39 is 0 Å². The van der Waals surface area contributed by atoms with Crippen molar-refractivity contribution in [2.75, 3.05) is 20.1 Å². The molecule has 0 aromatic heterocycles. The van der Waals surface area contributed by atoms with Crippen LogP contribution < -0.4 is 5.73 Å². The van der Waals surface area contributed by atoms with E-state index in [0.717, 1.165) is 12.5 Å². The first-order valence-corrected chi connectivity index (χ1v) is 6.09. The van der Waals surface area contributed by atoms with Gasteiger partial charge in [-0.2, -0.15) is 0 Å². The van der Waals surface area contributed by atoms with Crippen LogP contribution in [0.4, 0.5) is 0 Å². The van der Waals surface area contributed by atoms with Gasteiger partial charge in [0.1, 0.15) is 0 Å². The third kappa shape index (κ3) is 2.71. The number of hydrogen-bond donors (Lipinski definition) is 1. The molecule has 1 fully saturated rings. The molecule has 1 rings (SSSR count). The lowest BCUT2D eigenvalue weighted by atomic mass is 9.91. The Morgan fingerprint density at radius 3 is 2.21 bits per heavy atom. The van der Waals surface area contributed by atoms with Crippen LogP contribution in [0.25, 0.3) is 0 Å². The summed E-state index contributed by atoms with van der Waals surface area (Å²) >= 11 is 0.